The van der Waals surface area contributed by atoms with Crippen molar-refractivity contribution >= 4 is 44.7 Å². The molecule has 0 amide bonds. The molecule has 0 N–H and O–H groups in total. The minimum atomic E-state index is -3.04. The monoisotopic (exact) mass is 531 g/mol. The number of rotatable bonds is 5. The van der Waals surface area contributed by atoms with Crippen LogP contribution in [-0.2, 0) is 4.57 Å². The normalized spacial score (nSPS) is 11.6. The second-order valence-corrected chi connectivity index (χ2v) is 12.7. The van der Waals surface area contributed by atoms with Gasteiger partial charge in [0.15, 0.2) is 7.14 Å². The summed E-state index contributed by atoms with van der Waals surface area (Å²) in [6.45, 7) is 0. The molecule has 0 saturated carbocycles. The van der Waals surface area contributed by atoms with Gasteiger partial charge in [-0.15, -0.1) is 0 Å². The van der Waals surface area contributed by atoms with Gasteiger partial charge in [0.05, 0.1) is 11.2 Å². The standard InChI is InChI=1S/C37H26NOP/c39-40(29-15-6-2-7-16-29,30-17-8-3-9-18-30)31-25-23-28(24-26-31)37-34-21-12-20-32(27-13-4-1-5-14-27)36(34)33-19-10-11-22-35(33)38-37/h1-26H. The topological polar surface area (TPSA) is 30.0 Å². The maximum atomic E-state index is 14.8. The molecule has 0 saturated heterocycles. The Balaban J connectivity index is 1.43. The summed E-state index contributed by atoms with van der Waals surface area (Å²) in [6.07, 6.45) is 0. The molecule has 40 heavy (non-hydrogen) atoms. The van der Waals surface area contributed by atoms with Crippen molar-refractivity contribution in [2.45, 2.75) is 0 Å². The quantitative estimate of drug-likeness (QED) is 0.165. The van der Waals surface area contributed by atoms with Crippen LogP contribution in [0.5, 0.6) is 0 Å². The van der Waals surface area contributed by atoms with Gasteiger partial charge in [0.25, 0.3) is 0 Å². The van der Waals surface area contributed by atoms with Crippen molar-refractivity contribution in [3.8, 4) is 22.4 Å². The molecule has 0 atom stereocenters. The first-order valence-electron chi connectivity index (χ1n) is 13.4. The molecule has 0 aliphatic rings. The van der Waals surface area contributed by atoms with Gasteiger partial charge in [-0.1, -0.05) is 152 Å². The zero-order valence-electron chi connectivity index (χ0n) is 21.8. The highest BCUT2D eigenvalue weighted by Gasteiger charge is 2.29. The third kappa shape index (κ3) is 4.06. The lowest BCUT2D eigenvalue weighted by atomic mass is 9.93. The van der Waals surface area contributed by atoms with E-state index in [1.165, 1.54) is 16.5 Å². The summed E-state index contributed by atoms with van der Waals surface area (Å²) < 4.78 is 14.8. The molecule has 0 fully saturated rings. The van der Waals surface area contributed by atoms with Crippen LogP contribution in [0, 0.1) is 0 Å². The summed E-state index contributed by atoms with van der Waals surface area (Å²) >= 11 is 0. The average Bonchev–Trinajstić information content (AvgIpc) is 3.05. The van der Waals surface area contributed by atoms with Crippen molar-refractivity contribution in [1.82, 2.24) is 4.98 Å². The van der Waals surface area contributed by atoms with Crippen LogP contribution in [0.15, 0.2) is 158 Å². The maximum absolute atomic E-state index is 14.8. The largest absolute Gasteiger partial charge is 0.309 e. The van der Waals surface area contributed by atoms with Crippen LogP contribution in [0.25, 0.3) is 44.1 Å². The van der Waals surface area contributed by atoms with E-state index in [-0.39, 0.29) is 0 Å². The van der Waals surface area contributed by atoms with Crippen LogP contribution in [0.3, 0.4) is 0 Å². The number of nitrogens with zero attached hydrogens (tertiary/aromatic N) is 1. The van der Waals surface area contributed by atoms with Crippen LogP contribution in [0.1, 0.15) is 0 Å². The summed E-state index contributed by atoms with van der Waals surface area (Å²) in [4.78, 5) is 5.15. The molecule has 6 aromatic carbocycles. The van der Waals surface area contributed by atoms with Gasteiger partial charge < -0.3 is 4.57 Å². The molecule has 3 heteroatoms. The fourth-order valence-corrected chi connectivity index (χ4v) is 8.28. The van der Waals surface area contributed by atoms with Gasteiger partial charge in [-0.2, -0.15) is 0 Å². The number of benzene rings is 6. The first kappa shape index (κ1) is 24.3. The highest BCUT2D eigenvalue weighted by Crippen LogP contribution is 2.43. The zero-order chi connectivity index (χ0) is 26.9. The first-order chi connectivity index (χ1) is 19.7. The predicted molar refractivity (Wildman–Crippen MR) is 170 cm³/mol. The molecule has 0 spiro atoms. The minimum Gasteiger partial charge on any atom is -0.309 e. The Morgan fingerprint density at radius 2 is 0.950 bits per heavy atom. The lowest BCUT2D eigenvalue weighted by molar-refractivity contribution is 0.592. The van der Waals surface area contributed by atoms with Crippen LogP contribution in [0.2, 0.25) is 0 Å². The molecule has 0 bridgehead atoms. The van der Waals surface area contributed by atoms with E-state index < -0.39 is 7.14 Å². The van der Waals surface area contributed by atoms with E-state index in [4.69, 9.17) is 4.98 Å². The molecule has 0 unspecified atom stereocenters. The van der Waals surface area contributed by atoms with E-state index in [1.54, 1.807) is 0 Å². The molecule has 0 aliphatic heterocycles. The van der Waals surface area contributed by atoms with Gasteiger partial charge in [-0.25, -0.2) is 4.98 Å². The molecule has 0 aliphatic carbocycles. The fraction of sp³-hybridized carbons (Fsp3) is 0. The highest BCUT2D eigenvalue weighted by atomic mass is 31.2. The molecular weight excluding hydrogens is 505 g/mol. The number of pyridine rings is 1. The van der Waals surface area contributed by atoms with Crippen molar-refractivity contribution in [2.24, 2.45) is 0 Å². The molecule has 190 valence electrons. The third-order valence-electron chi connectivity index (χ3n) is 7.55. The molecule has 2 nitrogen and oxygen atoms in total. The smallest absolute Gasteiger partial charge is 0.171 e. The lowest BCUT2D eigenvalue weighted by Crippen LogP contribution is -2.24. The average molecular weight is 532 g/mol. The van der Waals surface area contributed by atoms with Gasteiger partial charge in [0.2, 0.25) is 0 Å². The minimum absolute atomic E-state index is 0.809. The van der Waals surface area contributed by atoms with Crippen molar-refractivity contribution < 1.29 is 4.57 Å². The van der Waals surface area contributed by atoms with E-state index in [2.05, 4.69) is 72.8 Å². The molecule has 1 heterocycles. The molecular formula is C37H26NOP. The summed E-state index contributed by atoms with van der Waals surface area (Å²) in [5, 5.41) is 5.89. The second kappa shape index (κ2) is 10.1. The SMILES string of the molecule is O=P(c1ccccc1)(c1ccccc1)c1ccc(-c2nc3ccccc3c3c(-c4ccccc4)cccc23)cc1. The van der Waals surface area contributed by atoms with Crippen LogP contribution < -0.4 is 15.9 Å². The Bertz CT molecular complexity index is 1960. The van der Waals surface area contributed by atoms with Gasteiger partial charge in [-0.3, -0.25) is 0 Å². The second-order valence-electron chi connectivity index (χ2n) is 9.90. The summed E-state index contributed by atoms with van der Waals surface area (Å²) in [5.74, 6) is 0. The van der Waals surface area contributed by atoms with Gasteiger partial charge in [-0.05, 0) is 17.2 Å². The zero-order valence-corrected chi connectivity index (χ0v) is 22.7. The van der Waals surface area contributed by atoms with Crippen LogP contribution in [0.4, 0.5) is 0 Å². The summed E-state index contributed by atoms with van der Waals surface area (Å²) in [5.41, 5.74) is 5.24. The Hall–Kier alpha value is -4.78. The third-order valence-corrected chi connectivity index (χ3v) is 10.6. The first-order valence-corrected chi connectivity index (χ1v) is 15.1. The van der Waals surface area contributed by atoms with E-state index in [0.717, 1.165) is 43.5 Å². The number of hydrogen-bond donors (Lipinski definition) is 0. The summed E-state index contributed by atoms with van der Waals surface area (Å²) in [6, 6.07) is 53.1. The van der Waals surface area contributed by atoms with Crippen LogP contribution >= 0.6 is 7.14 Å². The van der Waals surface area contributed by atoms with Gasteiger partial charge >= 0.3 is 0 Å². The van der Waals surface area contributed by atoms with E-state index in [9.17, 15) is 4.57 Å². The Kier molecular flexibility index (Phi) is 6.11. The van der Waals surface area contributed by atoms with Gasteiger partial charge in [0, 0.05) is 37.6 Å². The molecule has 1 aromatic heterocycles. The Morgan fingerprint density at radius 3 is 1.60 bits per heavy atom. The fourth-order valence-electron chi connectivity index (χ4n) is 5.63. The molecule has 7 aromatic rings. The predicted octanol–water partition coefficient (Wildman–Crippen LogP) is 8.36. The molecule has 0 radical (unpaired) electrons. The van der Waals surface area contributed by atoms with Gasteiger partial charge in [0.1, 0.15) is 0 Å². The Morgan fingerprint density at radius 1 is 0.425 bits per heavy atom. The summed E-state index contributed by atoms with van der Waals surface area (Å²) in [7, 11) is -3.04. The van der Waals surface area contributed by atoms with E-state index >= 15 is 0 Å². The lowest BCUT2D eigenvalue weighted by Gasteiger charge is -2.20. The Labute approximate surface area is 234 Å². The number of fused-ring (bicyclic) bond motifs is 3. The van der Waals surface area contributed by atoms with E-state index in [0.29, 0.717) is 0 Å². The number of para-hydroxylation sites is 1. The van der Waals surface area contributed by atoms with Crippen molar-refractivity contribution in [3.05, 3.63) is 158 Å². The van der Waals surface area contributed by atoms with Crippen molar-refractivity contribution in [2.75, 3.05) is 0 Å². The van der Waals surface area contributed by atoms with Crippen LogP contribution in [-0.4, -0.2) is 4.98 Å². The highest BCUT2D eigenvalue weighted by molar-refractivity contribution is 7.85. The van der Waals surface area contributed by atoms with Crippen molar-refractivity contribution in [1.29, 1.82) is 0 Å². The van der Waals surface area contributed by atoms with E-state index in [1.807, 2.05) is 84.9 Å². The number of aromatic nitrogens is 1. The molecule has 7 rings (SSSR count). The van der Waals surface area contributed by atoms with Crippen molar-refractivity contribution in [3.63, 3.8) is 0 Å². The maximum Gasteiger partial charge on any atom is 0.171 e. The number of hydrogen-bond acceptors (Lipinski definition) is 2.